The van der Waals surface area contributed by atoms with E-state index < -0.39 is 11.9 Å². The Morgan fingerprint density at radius 2 is 2.18 bits per heavy atom. The molecule has 2 amide bonds. The van der Waals surface area contributed by atoms with Crippen molar-refractivity contribution in [3.05, 3.63) is 22.7 Å². The molecule has 0 fully saturated rings. The van der Waals surface area contributed by atoms with Crippen molar-refractivity contribution in [3.8, 4) is 5.75 Å². The van der Waals surface area contributed by atoms with Gasteiger partial charge in [-0.2, -0.15) is 0 Å². The molecular formula is C14H15BrN2O5. The number of nitrogens with zero attached hydrogens (tertiary/aromatic N) is 2. The molecule has 0 spiro atoms. The van der Waals surface area contributed by atoms with Gasteiger partial charge in [-0.25, -0.2) is 0 Å². The smallest absolute Gasteiger partial charge is 0.323 e. The molecule has 2 rings (SSSR count). The van der Waals surface area contributed by atoms with Crippen LogP contribution in [0.15, 0.2) is 22.7 Å². The number of benzene rings is 1. The highest BCUT2D eigenvalue weighted by molar-refractivity contribution is 9.10. The zero-order valence-corrected chi connectivity index (χ0v) is 13.5. The van der Waals surface area contributed by atoms with Crippen LogP contribution in [0.1, 0.15) is 6.92 Å². The maximum Gasteiger partial charge on any atom is 0.323 e. The van der Waals surface area contributed by atoms with Gasteiger partial charge in [0.15, 0.2) is 6.61 Å². The van der Waals surface area contributed by atoms with E-state index in [0.717, 1.165) is 4.47 Å². The second-order valence-electron chi connectivity index (χ2n) is 4.68. The van der Waals surface area contributed by atoms with E-state index in [9.17, 15) is 14.4 Å². The lowest BCUT2D eigenvalue weighted by molar-refractivity contribution is -0.143. The maximum atomic E-state index is 12.2. The molecule has 0 unspecified atom stereocenters. The molecule has 1 aliphatic rings. The third-order valence-electron chi connectivity index (χ3n) is 3.22. The summed E-state index contributed by atoms with van der Waals surface area (Å²) in [5.41, 5.74) is 0.499. The topological polar surface area (TPSA) is 87.2 Å². The largest absolute Gasteiger partial charge is 0.482 e. The SMILES string of the molecule is CCN(CC(=O)O)C(=O)CN1C(=O)COc2cc(Br)ccc21. The van der Waals surface area contributed by atoms with Gasteiger partial charge in [0.05, 0.1) is 5.69 Å². The van der Waals surface area contributed by atoms with Crippen molar-refractivity contribution in [2.75, 3.05) is 31.1 Å². The van der Waals surface area contributed by atoms with E-state index in [1.54, 1.807) is 25.1 Å². The van der Waals surface area contributed by atoms with Gasteiger partial charge in [-0.05, 0) is 25.1 Å². The number of carbonyl (C=O) groups excluding carboxylic acids is 2. The zero-order chi connectivity index (χ0) is 16.3. The Morgan fingerprint density at radius 3 is 2.82 bits per heavy atom. The van der Waals surface area contributed by atoms with Crippen LogP contribution in [0.2, 0.25) is 0 Å². The summed E-state index contributed by atoms with van der Waals surface area (Å²) < 4.78 is 6.14. The first-order chi connectivity index (χ1) is 10.4. The van der Waals surface area contributed by atoms with Crippen molar-refractivity contribution < 1.29 is 24.2 Å². The molecule has 7 nitrogen and oxygen atoms in total. The summed E-state index contributed by atoms with van der Waals surface area (Å²) in [6.45, 7) is 1.20. The maximum absolute atomic E-state index is 12.2. The minimum absolute atomic E-state index is 0.151. The van der Waals surface area contributed by atoms with Crippen molar-refractivity contribution in [2.45, 2.75) is 6.92 Å². The summed E-state index contributed by atoms with van der Waals surface area (Å²) in [7, 11) is 0. The predicted molar refractivity (Wildman–Crippen MR) is 81.9 cm³/mol. The number of ether oxygens (including phenoxy) is 1. The number of amides is 2. The number of anilines is 1. The summed E-state index contributed by atoms with van der Waals surface area (Å²) in [5, 5.41) is 8.81. The molecule has 1 aliphatic heterocycles. The number of aliphatic carboxylic acids is 1. The van der Waals surface area contributed by atoms with Gasteiger partial charge in [-0.1, -0.05) is 15.9 Å². The molecule has 118 valence electrons. The number of carboxylic acids is 1. The number of carbonyl (C=O) groups is 3. The number of halogens is 1. The minimum Gasteiger partial charge on any atom is -0.482 e. The van der Waals surface area contributed by atoms with Gasteiger partial charge in [-0.3, -0.25) is 19.3 Å². The van der Waals surface area contributed by atoms with E-state index in [1.165, 1.54) is 9.80 Å². The van der Waals surface area contributed by atoms with E-state index >= 15 is 0 Å². The summed E-state index contributed by atoms with van der Waals surface area (Å²) in [6, 6.07) is 5.14. The molecule has 8 heteroatoms. The number of carboxylic acid groups (broad SMARTS) is 1. The second kappa shape index (κ2) is 6.78. The van der Waals surface area contributed by atoms with Gasteiger partial charge >= 0.3 is 5.97 Å². The highest BCUT2D eigenvalue weighted by atomic mass is 79.9. The van der Waals surface area contributed by atoms with Crippen LogP contribution in [0.5, 0.6) is 5.75 Å². The number of rotatable bonds is 5. The minimum atomic E-state index is -1.09. The average Bonchev–Trinajstić information content (AvgIpc) is 2.47. The van der Waals surface area contributed by atoms with Crippen molar-refractivity contribution in [1.82, 2.24) is 4.90 Å². The fraction of sp³-hybridized carbons (Fsp3) is 0.357. The summed E-state index contributed by atoms with van der Waals surface area (Å²) in [6.07, 6.45) is 0. The molecule has 1 aromatic rings. The summed E-state index contributed by atoms with van der Waals surface area (Å²) in [5.74, 6) is -1.35. The standard InChI is InChI=1S/C14H15BrN2O5/c1-2-16(7-14(20)21)12(18)6-17-10-4-3-9(15)5-11(10)22-8-13(17)19/h3-5H,2,6-8H2,1H3,(H,20,21). The Hall–Kier alpha value is -2.09. The van der Waals surface area contributed by atoms with Crippen molar-refractivity contribution in [1.29, 1.82) is 0 Å². The number of hydrogen-bond acceptors (Lipinski definition) is 4. The first kappa shape index (κ1) is 16.3. The van der Waals surface area contributed by atoms with E-state index in [0.29, 0.717) is 11.4 Å². The highest BCUT2D eigenvalue weighted by Crippen LogP contribution is 2.34. The normalized spacial score (nSPS) is 13.4. The predicted octanol–water partition coefficient (Wildman–Crippen LogP) is 1.11. The quantitative estimate of drug-likeness (QED) is 0.838. The third-order valence-corrected chi connectivity index (χ3v) is 3.71. The van der Waals surface area contributed by atoms with Gasteiger partial charge in [0, 0.05) is 11.0 Å². The van der Waals surface area contributed by atoms with Crippen LogP contribution in [0.25, 0.3) is 0 Å². The van der Waals surface area contributed by atoms with Gasteiger partial charge in [0.2, 0.25) is 5.91 Å². The van der Waals surface area contributed by atoms with Crippen LogP contribution < -0.4 is 9.64 Å². The molecule has 1 aromatic carbocycles. The fourth-order valence-electron chi connectivity index (χ4n) is 2.13. The van der Waals surface area contributed by atoms with Crippen LogP contribution in [0, 0.1) is 0 Å². The number of fused-ring (bicyclic) bond motifs is 1. The summed E-state index contributed by atoms with van der Waals surface area (Å²) in [4.78, 5) is 37.5. The molecule has 0 aromatic heterocycles. The van der Waals surface area contributed by atoms with Crippen LogP contribution in [0.4, 0.5) is 5.69 Å². The fourth-order valence-corrected chi connectivity index (χ4v) is 2.47. The van der Waals surface area contributed by atoms with Crippen LogP contribution in [0.3, 0.4) is 0 Å². The van der Waals surface area contributed by atoms with Crippen molar-refractivity contribution in [3.63, 3.8) is 0 Å². The number of hydrogen-bond donors (Lipinski definition) is 1. The third kappa shape index (κ3) is 3.56. The molecule has 0 aliphatic carbocycles. The lowest BCUT2D eigenvalue weighted by atomic mass is 10.2. The van der Waals surface area contributed by atoms with Crippen molar-refractivity contribution >= 4 is 39.4 Å². The lowest BCUT2D eigenvalue weighted by Crippen LogP contribution is -2.47. The van der Waals surface area contributed by atoms with Crippen LogP contribution in [-0.2, 0) is 14.4 Å². The van der Waals surface area contributed by atoms with Gasteiger partial charge < -0.3 is 14.7 Å². The summed E-state index contributed by atoms with van der Waals surface area (Å²) >= 11 is 3.31. The monoisotopic (exact) mass is 370 g/mol. The Kier molecular flexibility index (Phi) is 5.02. The van der Waals surface area contributed by atoms with Crippen molar-refractivity contribution in [2.24, 2.45) is 0 Å². The first-order valence-corrected chi connectivity index (χ1v) is 7.44. The van der Waals surface area contributed by atoms with Gasteiger partial charge in [0.1, 0.15) is 18.8 Å². The molecule has 0 bridgehead atoms. The molecular weight excluding hydrogens is 356 g/mol. The molecule has 0 saturated heterocycles. The zero-order valence-electron chi connectivity index (χ0n) is 11.9. The first-order valence-electron chi connectivity index (χ1n) is 6.64. The number of likely N-dealkylation sites (N-methyl/N-ethyl adjacent to an activating group) is 1. The Labute approximate surface area is 135 Å². The molecule has 22 heavy (non-hydrogen) atoms. The van der Waals surface area contributed by atoms with Gasteiger partial charge in [-0.15, -0.1) is 0 Å². The molecule has 0 atom stereocenters. The Balaban J connectivity index is 2.20. The molecule has 0 saturated carbocycles. The van der Waals surface area contributed by atoms with E-state index in [-0.39, 0.29) is 32.1 Å². The average molecular weight is 371 g/mol. The van der Waals surface area contributed by atoms with Gasteiger partial charge in [0.25, 0.3) is 5.91 Å². The molecule has 1 heterocycles. The molecule has 1 N–H and O–H groups in total. The van der Waals surface area contributed by atoms with E-state index in [4.69, 9.17) is 9.84 Å². The Bertz CT molecular complexity index is 619. The second-order valence-corrected chi connectivity index (χ2v) is 5.60. The van der Waals surface area contributed by atoms with Crippen LogP contribution >= 0.6 is 15.9 Å². The van der Waals surface area contributed by atoms with Crippen LogP contribution in [-0.4, -0.2) is 54.0 Å². The van der Waals surface area contributed by atoms with E-state index in [1.807, 2.05) is 0 Å². The van der Waals surface area contributed by atoms with E-state index in [2.05, 4.69) is 15.9 Å². The lowest BCUT2D eigenvalue weighted by Gasteiger charge is -2.30. The highest BCUT2D eigenvalue weighted by Gasteiger charge is 2.29. The Morgan fingerprint density at radius 1 is 1.45 bits per heavy atom. The molecule has 0 radical (unpaired) electrons.